The SMILES string of the molecule is C/C(=C\[C@@H](NC(=O)CN)C(C)C)C(=O)NOCc1ccc(N)cc1. The molecule has 7 nitrogen and oxygen atoms in total. The van der Waals surface area contributed by atoms with Crippen LogP contribution in [-0.4, -0.2) is 24.4 Å². The van der Waals surface area contributed by atoms with Gasteiger partial charge >= 0.3 is 0 Å². The molecule has 7 heteroatoms. The van der Waals surface area contributed by atoms with E-state index in [0.717, 1.165) is 5.56 Å². The molecule has 24 heavy (non-hydrogen) atoms. The summed E-state index contributed by atoms with van der Waals surface area (Å²) in [6.45, 7) is 5.69. The molecule has 1 atom stereocenters. The van der Waals surface area contributed by atoms with Crippen LogP contribution >= 0.6 is 0 Å². The maximum atomic E-state index is 12.0. The highest BCUT2D eigenvalue weighted by Gasteiger charge is 2.15. The number of benzene rings is 1. The van der Waals surface area contributed by atoms with Gasteiger partial charge in [0.2, 0.25) is 5.91 Å². The fraction of sp³-hybridized carbons (Fsp3) is 0.412. The highest BCUT2D eigenvalue weighted by Crippen LogP contribution is 2.08. The average Bonchev–Trinajstić information content (AvgIpc) is 2.55. The molecule has 0 aliphatic heterocycles. The van der Waals surface area contributed by atoms with E-state index in [9.17, 15) is 9.59 Å². The highest BCUT2D eigenvalue weighted by atomic mass is 16.6. The van der Waals surface area contributed by atoms with Crippen molar-refractivity contribution in [3.05, 3.63) is 41.5 Å². The summed E-state index contributed by atoms with van der Waals surface area (Å²) >= 11 is 0. The van der Waals surface area contributed by atoms with Gasteiger partial charge in [0.05, 0.1) is 19.2 Å². The summed E-state index contributed by atoms with van der Waals surface area (Å²) < 4.78 is 0. The molecule has 0 aliphatic rings. The van der Waals surface area contributed by atoms with Crippen LogP contribution in [-0.2, 0) is 21.0 Å². The number of hydroxylamine groups is 1. The van der Waals surface area contributed by atoms with E-state index in [-0.39, 0.29) is 36.9 Å². The predicted molar refractivity (Wildman–Crippen MR) is 93.4 cm³/mol. The summed E-state index contributed by atoms with van der Waals surface area (Å²) in [6.07, 6.45) is 1.69. The minimum absolute atomic E-state index is 0.0903. The standard InChI is InChI=1S/C17H26N4O3/c1-11(2)15(20-16(22)9-18)8-12(3)17(23)21-24-10-13-4-6-14(19)7-5-13/h4-8,11,15H,9-10,18-19H2,1-3H3,(H,20,22)(H,21,23)/b12-8+/t15-/m1/s1. The minimum Gasteiger partial charge on any atom is -0.399 e. The number of nitrogens with two attached hydrogens (primary N) is 2. The van der Waals surface area contributed by atoms with E-state index < -0.39 is 0 Å². The Morgan fingerprint density at radius 1 is 1.25 bits per heavy atom. The molecule has 2 amide bonds. The molecular formula is C17H26N4O3. The molecule has 0 aliphatic carbocycles. The highest BCUT2D eigenvalue weighted by molar-refractivity contribution is 5.92. The number of nitrogen functional groups attached to an aromatic ring is 1. The quantitative estimate of drug-likeness (QED) is 0.319. The number of carbonyl (C=O) groups excluding carboxylic acids is 2. The van der Waals surface area contributed by atoms with Crippen LogP contribution in [0.1, 0.15) is 26.3 Å². The van der Waals surface area contributed by atoms with Gasteiger partial charge in [-0.05, 0) is 30.5 Å². The van der Waals surface area contributed by atoms with Crippen LogP contribution in [0.5, 0.6) is 0 Å². The lowest BCUT2D eigenvalue weighted by Gasteiger charge is -2.19. The molecule has 0 unspecified atom stereocenters. The molecule has 0 saturated carbocycles. The van der Waals surface area contributed by atoms with Crippen molar-refractivity contribution in [2.24, 2.45) is 11.7 Å². The van der Waals surface area contributed by atoms with Gasteiger partial charge in [0, 0.05) is 11.3 Å². The van der Waals surface area contributed by atoms with Crippen LogP contribution in [0.2, 0.25) is 0 Å². The molecular weight excluding hydrogens is 308 g/mol. The minimum atomic E-state index is -0.363. The number of amides is 2. The van der Waals surface area contributed by atoms with Crippen molar-refractivity contribution in [3.63, 3.8) is 0 Å². The first-order chi connectivity index (χ1) is 11.3. The van der Waals surface area contributed by atoms with E-state index in [4.69, 9.17) is 16.3 Å². The van der Waals surface area contributed by atoms with Crippen molar-refractivity contribution in [1.82, 2.24) is 10.8 Å². The Bertz CT molecular complexity index is 582. The molecule has 0 bridgehead atoms. The Morgan fingerprint density at radius 3 is 2.42 bits per heavy atom. The molecule has 0 fully saturated rings. The largest absolute Gasteiger partial charge is 0.399 e. The maximum Gasteiger partial charge on any atom is 0.270 e. The van der Waals surface area contributed by atoms with Gasteiger partial charge < -0.3 is 16.8 Å². The number of rotatable bonds is 8. The maximum absolute atomic E-state index is 12.0. The third-order valence-electron chi connectivity index (χ3n) is 3.40. The summed E-state index contributed by atoms with van der Waals surface area (Å²) in [5, 5.41) is 2.77. The molecule has 1 rings (SSSR count). The van der Waals surface area contributed by atoms with E-state index >= 15 is 0 Å². The second-order valence-corrected chi connectivity index (χ2v) is 5.85. The Morgan fingerprint density at radius 2 is 1.88 bits per heavy atom. The van der Waals surface area contributed by atoms with Crippen LogP contribution in [0.4, 0.5) is 5.69 Å². The normalized spacial score (nSPS) is 12.8. The molecule has 1 aromatic carbocycles. The molecule has 0 heterocycles. The fourth-order valence-electron chi connectivity index (χ4n) is 1.87. The second kappa shape index (κ2) is 9.69. The van der Waals surface area contributed by atoms with Gasteiger partial charge in [-0.15, -0.1) is 0 Å². The fourth-order valence-corrected chi connectivity index (χ4v) is 1.87. The molecule has 0 saturated heterocycles. The lowest BCUT2D eigenvalue weighted by Crippen LogP contribution is -2.41. The number of hydrogen-bond donors (Lipinski definition) is 4. The van der Waals surface area contributed by atoms with Crippen molar-refractivity contribution >= 4 is 17.5 Å². The molecule has 0 spiro atoms. The van der Waals surface area contributed by atoms with Crippen molar-refractivity contribution in [3.8, 4) is 0 Å². The first-order valence-electron chi connectivity index (χ1n) is 7.78. The summed E-state index contributed by atoms with van der Waals surface area (Å²) in [5.74, 6) is -0.505. The third kappa shape index (κ3) is 6.80. The Balaban J connectivity index is 2.54. The second-order valence-electron chi connectivity index (χ2n) is 5.85. The zero-order valence-corrected chi connectivity index (χ0v) is 14.3. The van der Waals surface area contributed by atoms with Crippen molar-refractivity contribution in [1.29, 1.82) is 0 Å². The lowest BCUT2D eigenvalue weighted by molar-refractivity contribution is -0.130. The summed E-state index contributed by atoms with van der Waals surface area (Å²) in [5.41, 5.74) is 15.3. The van der Waals surface area contributed by atoms with Crippen LogP contribution < -0.4 is 22.3 Å². The van der Waals surface area contributed by atoms with Gasteiger partial charge in [-0.2, -0.15) is 0 Å². The Labute approximate surface area is 142 Å². The van der Waals surface area contributed by atoms with Crippen LogP contribution in [0.3, 0.4) is 0 Å². The summed E-state index contributed by atoms with van der Waals surface area (Å²) in [6, 6.07) is 6.89. The van der Waals surface area contributed by atoms with E-state index in [2.05, 4.69) is 10.8 Å². The molecule has 1 aromatic rings. The predicted octanol–water partition coefficient (Wildman–Crippen LogP) is 0.862. The number of hydrogen-bond acceptors (Lipinski definition) is 5. The first-order valence-corrected chi connectivity index (χ1v) is 7.78. The van der Waals surface area contributed by atoms with Gasteiger partial charge in [-0.1, -0.05) is 32.1 Å². The van der Waals surface area contributed by atoms with Crippen molar-refractivity contribution < 1.29 is 14.4 Å². The number of anilines is 1. The molecule has 132 valence electrons. The molecule has 0 radical (unpaired) electrons. The molecule has 6 N–H and O–H groups in total. The van der Waals surface area contributed by atoms with E-state index in [1.165, 1.54) is 0 Å². The van der Waals surface area contributed by atoms with Crippen LogP contribution in [0.15, 0.2) is 35.9 Å². The lowest BCUT2D eigenvalue weighted by atomic mass is 10.0. The number of carbonyl (C=O) groups is 2. The van der Waals surface area contributed by atoms with Crippen molar-refractivity contribution in [2.75, 3.05) is 12.3 Å². The zero-order chi connectivity index (χ0) is 18.1. The number of nitrogens with one attached hydrogen (secondary N) is 2. The zero-order valence-electron chi connectivity index (χ0n) is 14.3. The topological polar surface area (TPSA) is 119 Å². The Hall–Kier alpha value is -2.38. The van der Waals surface area contributed by atoms with E-state index in [0.29, 0.717) is 11.3 Å². The van der Waals surface area contributed by atoms with Gasteiger partial charge in [0.25, 0.3) is 5.91 Å². The van der Waals surface area contributed by atoms with Crippen LogP contribution in [0.25, 0.3) is 0 Å². The third-order valence-corrected chi connectivity index (χ3v) is 3.40. The average molecular weight is 334 g/mol. The van der Waals surface area contributed by atoms with Gasteiger partial charge in [0.15, 0.2) is 0 Å². The van der Waals surface area contributed by atoms with Gasteiger partial charge in [0.1, 0.15) is 0 Å². The smallest absolute Gasteiger partial charge is 0.270 e. The van der Waals surface area contributed by atoms with E-state index in [1.54, 1.807) is 25.1 Å². The van der Waals surface area contributed by atoms with Crippen LogP contribution in [0, 0.1) is 5.92 Å². The van der Waals surface area contributed by atoms with E-state index in [1.807, 2.05) is 26.0 Å². The summed E-state index contributed by atoms with van der Waals surface area (Å²) in [4.78, 5) is 28.7. The summed E-state index contributed by atoms with van der Waals surface area (Å²) in [7, 11) is 0. The molecule has 0 aromatic heterocycles. The Kier molecular flexibility index (Phi) is 7.94. The first kappa shape index (κ1) is 19.7. The van der Waals surface area contributed by atoms with Gasteiger partial charge in [-0.25, -0.2) is 5.48 Å². The van der Waals surface area contributed by atoms with Crippen molar-refractivity contribution in [2.45, 2.75) is 33.4 Å². The monoisotopic (exact) mass is 334 g/mol. The van der Waals surface area contributed by atoms with Gasteiger partial charge in [-0.3, -0.25) is 14.4 Å².